The Bertz CT molecular complexity index is 873. The van der Waals surface area contributed by atoms with Crippen LogP contribution in [0.2, 0.25) is 0 Å². The summed E-state index contributed by atoms with van der Waals surface area (Å²) in [7, 11) is -1.67. The van der Waals surface area contributed by atoms with Crippen LogP contribution in [0.3, 0.4) is 0 Å². The van der Waals surface area contributed by atoms with Crippen molar-refractivity contribution >= 4 is 21.7 Å². The summed E-state index contributed by atoms with van der Waals surface area (Å²) >= 11 is 0. The number of sulfonamides is 1. The molecule has 5 nitrogen and oxygen atoms in total. The van der Waals surface area contributed by atoms with Crippen molar-refractivity contribution in [2.75, 3.05) is 11.8 Å². The highest BCUT2D eigenvalue weighted by molar-refractivity contribution is 7.91. The second kappa shape index (κ2) is 7.50. The topological polar surface area (TPSA) is 72.5 Å². The molecule has 1 aliphatic carbocycles. The van der Waals surface area contributed by atoms with Crippen molar-refractivity contribution in [3.63, 3.8) is 0 Å². The van der Waals surface area contributed by atoms with Crippen LogP contribution in [0.1, 0.15) is 41.5 Å². The maximum absolute atomic E-state index is 11.4. The molecule has 26 heavy (non-hydrogen) atoms. The zero-order valence-electron chi connectivity index (χ0n) is 15.0. The predicted molar refractivity (Wildman–Crippen MR) is 102 cm³/mol. The summed E-state index contributed by atoms with van der Waals surface area (Å²) in [4.78, 5) is 11.4. The van der Waals surface area contributed by atoms with Crippen LogP contribution in [0.15, 0.2) is 42.5 Å². The van der Waals surface area contributed by atoms with Crippen LogP contribution < -0.4 is 4.72 Å². The molecule has 2 heterocycles. The van der Waals surface area contributed by atoms with Crippen LogP contribution in [-0.2, 0) is 38.1 Å². The number of aryl methyl sites for hydroxylation is 2. The lowest BCUT2D eigenvalue weighted by atomic mass is 9.97. The molecule has 0 saturated carbocycles. The van der Waals surface area contributed by atoms with Gasteiger partial charge in [0.25, 0.3) is 0 Å². The summed E-state index contributed by atoms with van der Waals surface area (Å²) in [6.07, 6.45) is 3.57. The monoisotopic (exact) mass is 373 g/mol. The van der Waals surface area contributed by atoms with Gasteiger partial charge in [-0.25, -0.2) is 8.42 Å². The van der Waals surface area contributed by atoms with Crippen LogP contribution in [0.4, 0.5) is 5.69 Å². The Labute approximate surface area is 154 Å². The van der Waals surface area contributed by atoms with E-state index in [9.17, 15) is 13.2 Å². The Hall–Kier alpha value is -2.34. The van der Waals surface area contributed by atoms with Gasteiger partial charge in [0.2, 0.25) is 10.0 Å². The summed E-state index contributed by atoms with van der Waals surface area (Å²) in [5.74, 6) is -0.224. The molecule has 0 spiro atoms. The first kappa shape index (κ1) is 18.5. The highest BCUT2D eigenvalue weighted by Crippen LogP contribution is 2.26. The maximum atomic E-state index is 11.4. The van der Waals surface area contributed by atoms with Crippen LogP contribution in [0.25, 0.3) is 0 Å². The van der Waals surface area contributed by atoms with Crippen molar-refractivity contribution in [3.8, 4) is 0 Å². The van der Waals surface area contributed by atoms with Crippen LogP contribution in [0.5, 0.6) is 0 Å². The van der Waals surface area contributed by atoms with E-state index in [4.69, 9.17) is 4.74 Å². The van der Waals surface area contributed by atoms with E-state index in [1.807, 2.05) is 25.1 Å². The number of hydrogen-bond acceptors (Lipinski definition) is 4. The fourth-order valence-electron chi connectivity index (χ4n) is 3.28. The Morgan fingerprint density at radius 1 is 1.08 bits per heavy atom. The first-order valence-electron chi connectivity index (χ1n) is 8.67. The summed E-state index contributed by atoms with van der Waals surface area (Å²) in [5, 5.41) is 0. The average molecular weight is 373 g/mol. The molecule has 1 N–H and O–H groups in total. The third-order valence-electron chi connectivity index (χ3n) is 4.76. The Balaban J connectivity index is 0.000000158. The highest BCUT2D eigenvalue weighted by Gasteiger charge is 2.18. The number of esters is 1. The zero-order chi connectivity index (χ0) is 18.7. The van der Waals surface area contributed by atoms with Gasteiger partial charge in [-0.15, -0.1) is 0 Å². The molecule has 0 saturated heterocycles. The molecule has 5 rings (SSSR count). The number of methoxy groups -OCH3 is 1. The molecule has 138 valence electrons. The Morgan fingerprint density at radius 3 is 2.46 bits per heavy atom. The maximum Gasteiger partial charge on any atom is 0.312 e. The van der Waals surface area contributed by atoms with Gasteiger partial charge in [-0.3, -0.25) is 9.52 Å². The number of ether oxygens (including phenoxy) is 1. The average Bonchev–Trinajstić information content (AvgIpc) is 2.97. The van der Waals surface area contributed by atoms with Crippen molar-refractivity contribution in [3.05, 3.63) is 64.7 Å². The van der Waals surface area contributed by atoms with E-state index in [1.165, 1.54) is 31.1 Å². The van der Waals surface area contributed by atoms with Gasteiger partial charge in [0.05, 0.1) is 18.8 Å². The van der Waals surface area contributed by atoms with Gasteiger partial charge in [-0.1, -0.05) is 30.3 Å². The van der Waals surface area contributed by atoms with Crippen LogP contribution in [-0.4, -0.2) is 21.5 Å². The van der Waals surface area contributed by atoms with Crippen molar-refractivity contribution in [1.82, 2.24) is 0 Å². The normalized spacial score (nSPS) is 17.2. The van der Waals surface area contributed by atoms with Gasteiger partial charge in [-0.2, -0.15) is 0 Å². The number of rotatable bonds is 2. The largest absolute Gasteiger partial charge is 0.469 e. The third kappa shape index (κ3) is 4.25. The Morgan fingerprint density at radius 2 is 1.77 bits per heavy atom. The van der Waals surface area contributed by atoms with E-state index in [1.54, 1.807) is 12.1 Å². The number of carbonyl (C=O) groups excluding carboxylic acids is 1. The molecule has 6 heteroatoms. The summed E-state index contributed by atoms with van der Waals surface area (Å²) in [5.41, 5.74) is 5.39. The molecular formula is C20H23NO4S. The first-order chi connectivity index (χ1) is 12.4. The zero-order valence-corrected chi connectivity index (χ0v) is 15.8. The number of fused-ring (bicyclic) bond motifs is 5. The molecule has 0 fully saturated rings. The van der Waals surface area contributed by atoms with Gasteiger partial charge < -0.3 is 4.74 Å². The minimum atomic E-state index is -3.10. The second-order valence-corrected chi connectivity index (χ2v) is 8.41. The SMILES string of the molecule is COC(=O)C(C)c1ccc2c(c1)CCC2.O=S1(=O)Cc2ccc(cc2)N1. The number of carbonyl (C=O) groups is 1. The second-order valence-electron chi connectivity index (χ2n) is 6.68. The van der Waals surface area contributed by atoms with Gasteiger partial charge in [0, 0.05) is 5.69 Å². The van der Waals surface area contributed by atoms with Crippen LogP contribution in [0, 0.1) is 0 Å². The minimum absolute atomic E-state index is 0.0868. The highest BCUT2D eigenvalue weighted by atomic mass is 32.2. The molecule has 2 aromatic rings. The minimum Gasteiger partial charge on any atom is -0.469 e. The van der Waals surface area contributed by atoms with E-state index in [2.05, 4.69) is 16.9 Å². The molecule has 1 unspecified atom stereocenters. The number of benzene rings is 2. The van der Waals surface area contributed by atoms with Crippen molar-refractivity contribution in [1.29, 1.82) is 0 Å². The smallest absolute Gasteiger partial charge is 0.312 e. The first-order valence-corrected chi connectivity index (χ1v) is 10.3. The van der Waals surface area contributed by atoms with Gasteiger partial charge >= 0.3 is 5.97 Å². The fourth-order valence-corrected chi connectivity index (χ4v) is 4.48. The number of hydrogen-bond donors (Lipinski definition) is 1. The van der Waals surface area contributed by atoms with E-state index in [-0.39, 0.29) is 17.6 Å². The quantitative estimate of drug-likeness (QED) is 0.819. The van der Waals surface area contributed by atoms with Gasteiger partial charge in [0.1, 0.15) is 0 Å². The lowest BCUT2D eigenvalue weighted by Gasteiger charge is -2.10. The Kier molecular flexibility index (Phi) is 5.32. The van der Waals surface area contributed by atoms with E-state index in [0.717, 1.165) is 17.5 Å². The lowest BCUT2D eigenvalue weighted by Crippen LogP contribution is -2.11. The summed E-state index contributed by atoms with van der Waals surface area (Å²) in [6.45, 7) is 1.89. The fraction of sp³-hybridized carbons (Fsp3) is 0.350. The van der Waals surface area contributed by atoms with Crippen LogP contribution >= 0.6 is 0 Å². The third-order valence-corrected chi connectivity index (χ3v) is 6.02. The summed E-state index contributed by atoms with van der Waals surface area (Å²) < 4.78 is 29.4. The van der Waals surface area contributed by atoms with E-state index in [0.29, 0.717) is 5.69 Å². The van der Waals surface area contributed by atoms with Crippen molar-refractivity contribution in [2.24, 2.45) is 0 Å². The number of anilines is 1. The number of nitrogens with one attached hydrogen (secondary N) is 1. The van der Waals surface area contributed by atoms with Crippen molar-refractivity contribution in [2.45, 2.75) is 37.9 Å². The van der Waals surface area contributed by atoms with Gasteiger partial charge in [-0.05, 0) is 60.6 Å². The molecule has 0 amide bonds. The predicted octanol–water partition coefficient (Wildman–Crippen LogP) is 3.39. The molecule has 0 radical (unpaired) electrons. The van der Waals surface area contributed by atoms with Gasteiger partial charge in [0.15, 0.2) is 0 Å². The molecule has 2 bridgehead atoms. The molecule has 2 aromatic carbocycles. The van der Waals surface area contributed by atoms with E-state index >= 15 is 0 Å². The molecule has 2 aliphatic heterocycles. The lowest BCUT2D eigenvalue weighted by molar-refractivity contribution is -0.141. The molecule has 1 atom stereocenters. The standard InChI is InChI=1S/C13H16O2.C7H7NO2S/c1-9(13(14)15-2)11-7-6-10-4-3-5-12(10)8-11;9-11(10)5-6-1-3-7(8-11)4-2-6/h6-9H,3-5H2,1-2H3;1-4,8H,5H2. The molecular weight excluding hydrogens is 350 g/mol. The molecule has 0 aromatic heterocycles. The summed E-state index contributed by atoms with van der Waals surface area (Å²) in [6, 6.07) is 13.5. The molecule has 3 aliphatic rings. The van der Waals surface area contributed by atoms with E-state index < -0.39 is 10.0 Å². The van der Waals surface area contributed by atoms with Crippen molar-refractivity contribution < 1.29 is 17.9 Å².